The molecule has 0 saturated carbocycles. The molecule has 0 heterocycles. The summed E-state index contributed by atoms with van der Waals surface area (Å²) in [5.74, 6) is 0. The molecule has 0 aliphatic rings. The van der Waals surface area contributed by atoms with Gasteiger partial charge in [0.1, 0.15) is 0 Å². The second kappa shape index (κ2) is 3.27. The van der Waals surface area contributed by atoms with Crippen molar-refractivity contribution in [2.24, 2.45) is 0 Å². The summed E-state index contributed by atoms with van der Waals surface area (Å²) in [6.45, 7) is 3.88. The van der Waals surface area contributed by atoms with Crippen molar-refractivity contribution >= 4 is 28.4 Å². The van der Waals surface area contributed by atoms with Gasteiger partial charge in [-0.2, -0.15) is 0 Å². The summed E-state index contributed by atoms with van der Waals surface area (Å²) in [5, 5.41) is 10.4. The number of hydrogen-bond donors (Lipinski definition) is 0. The molecule has 3 heteroatoms. The lowest BCUT2D eigenvalue weighted by molar-refractivity contribution is 0.455. The fraction of sp³-hybridized carbons (Fsp3) is 0.750. The number of thiocarbonyl (C=S) groups is 1. The van der Waals surface area contributed by atoms with Crippen LogP contribution in [0.2, 0.25) is 0 Å². The van der Waals surface area contributed by atoms with E-state index >= 15 is 0 Å². The maximum absolute atomic E-state index is 10.0. The zero-order chi connectivity index (χ0) is 5.86. The van der Waals surface area contributed by atoms with Crippen molar-refractivity contribution in [3.8, 4) is 0 Å². The molecule has 0 bridgehead atoms. The van der Waals surface area contributed by atoms with Gasteiger partial charge >= 0.3 is 0 Å². The average Bonchev–Trinajstić information content (AvgIpc) is 1.27. The molecule has 1 radical (unpaired) electrons. The van der Waals surface area contributed by atoms with E-state index in [9.17, 15) is 5.11 Å². The van der Waals surface area contributed by atoms with E-state index in [1.807, 2.05) is 13.8 Å². The molecule has 0 N–H and O–H groups in total. The molecule has 0 fully saturated rings. The van der Waals surface area contributed by atoms with Crippen LogP contribution in [0, 0.1) is 0 Å². The average molecular weight is 135 g/mol. The molecule has 0 aromatic heterocycles. The molecule has 7 heavy (non-hydrogen) atoms. The second-order valence-corrected chi connectivity index (χ2v) is 3.60. The van der Waals surface area contributed by atoms with Gasteiger partial charge in [0.05, 0.1) is 0 Å². The summed E-state index contributed by atoms with van der Waals surface area (Å²) in [4.78, 5) is 0. The molecule has 0 rings (SSSR count). The van der Waals surface area contributed by atoms with Crippen molar-refractivity contribution in [2.45, 2.75) is 19.1 Å². The Kier molecular flexibility index (Phi) is 3.38. The molecular weight excluding hydrogens is 128 g/mol. The van der Waals surface area contributed by atoms with Crippen LogP contribution < -0.4 is 0 Å². The van der Waals surface area contributed by atoms with E-state index in [1.54, 1.807) is 0 Å². The monoisotopic (exact) mass is 135 g/mol. The Morgan fingerprint density at radius 1 is 1.71 bits per heavy atom. The molecule has 0 aliphatic heterocycles. The highest BCUT2D eigenvalue weighted by molar-refractivity contribution is 8.22. The highest BCUT2D eigenvalue weighted by Gasteiger charge is 1.97. The Hall–Kier alpha value is 0.240. The summed E-state index contributed by atoms with van der Waals surface area (Å²) in [5.41, 5.74) is 0. The van der Waals surface area contributed by atoms with Crippen LogP contribution >= 0.6 is 24.0 Å². The maximum atomic E-state index is 10.0. The third-order valence-corrected chi connectivity index (χ3v) is 1.28. The molecule has 0 saturated heterocycles. The quantitative estimate of drug-likeness (QED) is 0.511. The van der Waals surface area contributed by atoms with Crippen molar-refractivity contribution in [3.63, 3.8) is 0 Å². The predicted octanol–water partition coefficient (Wildman–Crippen LogP) is 1.84. The number of rotatable bonds is 1. The Labute approximate surface area is 53.1 Å². The smallest absolute Gasteiger partial charge is 0.269 e. The Balaban J connectivity index is 3.13. The normalized spacial score (nSPS) is 9.57. The van der Waals surface area contributed by atoms with E-state index in [0.29, 0.717) is 5.25 Å². The van der Waals surface area contributed by atoms with Crippen LogP contribution in [-0.2, 0) is 5.11 Å². The van der Waals surface area contributed by atoms with Gasteiger partial charge < -0.3 is 0 Å². The third kappa shape index (κ3) is 6.24. The van der Waals surface area contributed by atoms with E-state index in [1.165, 1.54) is 11.8 Å². The van der Waals surface area contributed by atoms with Gasteiger partial charge in [0.15, 0.2) is 0 Å². The molecule has 0 atom stereocenters. The van der Waals surface area contributed by atoms with Crippen molar-refractivity contribution in [2.75, 3.05) is 0 Å². The molecule has 0 aromatic rings. The largest absolute Gasteiger partial charge is 0.276 e. The summed E-state index contributed by atoms with van der Waals surface area (Å²) >= 11 is 5.46. The standard InChI is InChI=1S/C4H7OS2/c1-3(2)7-4(5)6/h3H,1-2H3. The SMILES string of the molecule is CC(C)SC([O])=S. The lowest BCUT2D eigenvalue weighted by atomic mass is 10.6. The summed E-state index contributed by atoms with van der Waals surface area (Å²) in [6, 6.07) is 0. The van der Waals surface area contributed by atoms with Gasteiger partial charge in [-0.25, -0.2) is 0 Å². The first kappa shape index (κ1) is 7.24. The topological polar surface area (TPSA) is 19.9 Å². The van der Waals surface area contributed by atoms with Crippen LogP contribution in [0.5, 0.6) is 0 Å². The van der Waals surface area contributed by atoms with Gasteiger partial charge in [-0.05, 0) is 12.2 Å². The lowest BCUT2D eigenvalue weighted by Crippen LogP contribution is -1.90. The molecular formula is C4H7OS2. The van der Waals surface area contributed by atoms with E-state index in [0.717, 1.165) is 0 Å². The summed E-state index contributed by atoms with van der Waals surface area (Å²) in [7, 11) is 0. The van der Waals surface area contributed by atoms with Crippen LogP contribution in [0.3, 0.4) is 0 Å². The second-order valence-electron chi connectivity index (χ2n) is 1.42. The summed E-state index contributed by atoms with van der Waals surface area (Å²) in [6.07, 6.45) is 0. The van der Waals surface area contributed by atoms with E-state index in [-0.39, 0.29) is 4.38 Å². The van der Waals surface area contributed by atoms with Crippen LogP contribution in [-0.4, -0.2) is 9.63 Å². The van der Waals surface area contributed by atoms with Crippen LogP contribution in [0.15, 0.2) is 0 Å². The Morgan fingerprint density at radius 3 is 2.14 bits per heavy atom. The van der Waals surface area contributed by atoms with Crippen LogP contribution in [0.25, 0.3) is 0 Å². The third-order valence-electron chi connectivity index (χ3n) is 0.332. The minimum absolute atomic E-state index is 0.213. The van der Waals surface area contributed by atoms with Gasteiger partial charge in [-0.15, -0.1) is 0 Å². The van der Waals surface area contributed by atoms with Crippen LogP contribution in [0.4, 0.5) is 0 Å². The number of hydrogen-bond acceptors (Lipinski definition) is 2. The fourth-order valence-corrected chi connectivity index (χ4v) is 1.15. The van der Waals surface area contributed by atoms with Gasteiger partial charge in [-0.1, -0.05) is 25.6 Å². The number of thioether (sulfide) groups is 1. The minimum Gasteiger partial charge on any atom is -0.269 e. The van der Waals surface area contributed by atoms with Gasteiger partial charge in [0.2, 0.25) is 0 Å². The van der Waals surface area contributed by atoms with Crippen molar-refractivity contribution < 1.29 is 5.11 Å². The Morgan fingerprint density at radius 2 is 2.14 bits per heavy atom. The van der Waals surface area contributed by atoms with E-state index in [4.69, 9.17) is 0 Å². The maximum Gasteiger partial charge on any atom is 0.276 e. The highest BCUT2D eigenvalue weighted by atomic mass is 32.2. The van der Waals surface area contributed by atoms with Crippen molar-refractivity contribution in [1.82, 2.24) is 0 Å². The van der Waals surface area contributed by atoms with E-state index < -0.39 is 0 Å². The van der Waals surface area contributed by atoms with Gasteiger partial charge in [0.25, 0.3) is 4.38 Å². The first-order valence-corrected chi connectivity index (χ1v) is 3.29. The fourth-order valence-electron chi connectivity index (χ4n) is 0.192. The molecule has 0 aromatic carbocycles. The molecule has 41 valence electrons. The van der Waals surface area contributed by atoms with Crippen LogP contribution in [0.1, 0.15) is 13.8 Å². The van der Waals surface area contributed by atoms with E-state index in [2.05, 4.69) is 12.2 Å². The molecule has 0 spiro atoms. The Bertz CT molecular complexity index is 70.1. The molecule has 0 aliphatic carbocycles. The highest BCUT2D eigenvalue weighted by Crippen LogP contribution is 2.09. The molecule has 1 nitrogen and oxygen atoms in total. The molecule has 0 amide bonds. The van der Waals surface area contributed by atoms with Crippen molar-refractivity contribution in [3.05, 3.63) is 0 Å². The summed E-state index contributed by atoms with van der Waals surface area (Å²) < 4.78 is -0.213. The van der Waals surface area contributed by atoms with Gasteiger partial charge in [-0.3, -0.25) is 5.11 Å². The zero-order valence-electron chi connectivity index (χ0n) is 4.30. The molecule has 0 unspecified atom stereocenters. The lowest BCUT2D eigenvalue weighted by Gasteiger charge is -1.94. The van der Waals surface area contributed by atoms with Crippen molar-refractivity contribution in [1.29, 1.82) is 0 Å². The zero-order valence-corrected chi connectivity index (χ0v) is 5.94. The first-order chi connectivity index (χ1) is 3.13. The first-order valence-electron chi connectivity index (χ1n) is 2.00. The minimum atomic E-state index is -0.213. The predicted molar refractivity (Wildman–Crippen MR) is 36.0 cm³/mol. The van der Waals surface area contributed by atoms with Gasteiger partial charge in [0, 0.05) is 5.25 Å².